The minimum absolute atomic E-state index is 0.116. The van der Waals surface area contributed by atoms with Crippen molar-refractivity contribution in [1.29, 1.82) is 0 Å². The lowest BCUT2D eigenvalue weighted by molar-refractivity contribution is -0.121. The Morgan fingerprint density at radius 2 is 1.76 bits per heavy atom. The van der Waals surface area contributed by atoms with Crippen molar-refractivity contribution in [1.82, 2.24) is 14.5 Å². The molecule has 0 saturated carbocycles. The quantitative estimate of drug-likeness (QED) is 0.511. The minimum Gasteiger partial charge on any atom is -0.465 e. The summed E-state index contributed by atoms with van der Waals surface area (Å²) in [5.74, 6) is -0.525. The number of methoxy groups -OCH3 is 1. The van der Waals surface area contributed by atoms with Crippen molar-refractivity contribution in [2.24, 2.45) is 0 Å². The second-order valence-electron chi connectivity index (χ2n) is 6.89. The molecule has 0 spiro atoms. The number of hydrogen-bond acceptors (Lipinski definition) is 3. The second-order valence-corrected chi connectivity index (χ2v) is 6.89. The van der Waals surface area contributed by atoms with E-state index in [1.807, 2.05) is 36.4 Å². The predicted octanol–water partition coefficient (Wildman–Crippen LogP) is 3.72. The van der Waals surface area contributed by atoms with Gasteiger partial charge in [0, 0.05) is 34.9 Å². The van der Waals surface area contributed by atoms with E-state index in [9.17, 15) is 9.59 Å². The molecule has 29 heavy (non-hydrogen) atoms. The van der Waals surface area contributed by atoms with Gasteiger partial charge in [-0.1, -0.05) is 36.4 Å². The molecule has 0 aliphatic heterocycles. The fourth-order valence-electron chi connectivity index (χ4n) is 3.84. The smallest absolute Gasteiger partial charge is 0.340 e. The van der Waals surface area contributed by atoms with E-state index in [1.165, 1.54) is 12.6 Å². The zero-order valence-electron chi connectivity index (χ0n) is 16.5. The molecule has 2 heterocycles. The van der Waals surface area contributed by atoms with Crippen molar-refractivity contribution in [2.75, 3.05) is 7.11 Å². The Hall–Kier alpha value is -3.54. The molecule has 0 aliphatic rings. The molecule has 0 saturated heterocycles. The summed E-state index contributed by atoms with van der Waals surface area (Å²) in [6.07, 6.45) is 1.68. The molecule has 0 atom stereocenters. The molecular weight excluding hydrogens is 366 g/mol. The average Bonchev–Trinajstić information content (AvgIpc) is 3.30. The number of esters is 1. The van der Waals surface area contributed by atoms with E-state index in [0.717, 1.165) is 28.5 Å². The number of aryl methyl sites for hydroxylation is 1. The first-order valence-corrected chi connectivity index (χ1v) is 9.62. The predicted molar refractivity (Wildman–Crippen MR) is 113 cm³/mol. The molecular formula is C23H23N3O3. The molecule has 0 aliphatic carbocycles. The maximum atomic E-state index is 12.6. The molecule has 6 nitrogen and oxygen atoms in total. The van der Waals surface area contributed by atoms with Crippen molar-refractivity contribution < 1.29 is 14.3 Å². The molecule has 0 unspecified atom stereocenters. The van der Waals surface area contributed by atoms with Gasteiger partial charge in [0.25, 0.3) is 0 Å². The number of benzene rings is 2. The number of rotatable bonds is 6. The van der Waals surface area contributed by atoms with Crippen molar-refractivity contribution in [3.05, 3.63) is 72.1 Å². The monoisotopic (exact) mass is 389 g/mol. The van der Waals surface area contributed by atoms with Crippen LogP contribution < -0.4 is 5.32 Å². The molecule has 1 amide bonds. The van der Waals surface area contributed by atoms with Gasteiger partial charge in [-0.25, -0.2) is 4.79 Å². The van der Waals surface area contributed by atoms with Gasteiger partial charge in [-0.3, -0.25) is 4.79 Å². The third-order valence-electron chi connectivity index (χ3n) is 5.19. The minimum atomic E-state index is -0.409. The van der Waals surface area contributed by atoms with E-state index in [-0.39, 0.29) is 12.5 Å². The number of para-hydroxylation sites is 2. The molecule has 6 heteroatoms. The molecule has 4 aromatic rings. The number of carbonyl (C=O) groups excluding carboxylic acids is 2. The first kappa shape index (κ1) is 18.8. The van der Waals surface area contributed by atoms with E-state index >= 15 is 0 Å². The van der Waals surface area contributed by atoms with Crippen molar-refractivity contribution in [3.63, 3.8) is 0 Å². The molecule has 148 valence electrons. The van der Waals surface area contributed by atoms with Crippen LogP contribution in [-0.4, -0.2) is 28.1 Å². The number of nitrogens with one attached hydrogen (secondary N) is 1. The summed E-state index contributed by atoms with van der Waals surface area (Å²) in [7, 11) is 1.36. The third-order valence-corrected chi connectivity index (χ3v) is 5.19. The highest BCUT2D eigenvalue weighted by Gasteiger charge is 2.17. The average molecular weight is 389 g/mol. The van der Waals surface area contributed by atoms with Crippen LogP contribution in [0, 0.1) is 0 Å². The zero-order chi connectivity index (χ0) is 20.4. The molecule has 0 radical (unpaired) electrons. The second kappa shape index (κ2) is 7.83. The lowest BCUT2D eigenvalue weighted by Crippen LogP contribution is -2.27. The van der Waals surface area contributed by atoms with Gasteiger partial charge in [0.05, 0.1) is 19.2 Å². The Labute approximate surface area is 168 Å². The van der Waals surface area contributed by atoms with Crippen LogP contribution in [0.4, 0.5) is 0 Å². The van der Waals surface area contributed by atoms with E-state index < -0.39 is 5.97 Å². The number of aromatic nitrogens is 2. The van der Waals surface area contributed by atoms with Gasteiger partial charge in [0.2, 0.25) is 5.91 Å². The fraction of sp³-hybridized carbons (Fsp3) is 0.217. The Bertz CT molecular complexity index is 1200. The van der Waals surface area contributed by atoms with E-state index in [2.05, 4.69) is 35.0 Å². The Balaban J connectivity index is 1.53. The first-order valence-electron chi connectivity index (χ1n) is 9.62. The highest BCUT2D eigenvalue weighted by molar-refractivity contribution is 6.04. The maximum absolute atomic E-state index is 12.6. The van der Waals surface area contributed by atoms with Crippen molar-refractivity contribution in [2.45, 2.75) is 26.6 Å². The third kappa shape index (κ3) is 3.49. The SMILES string of the molecule is CCn1c(CNC(=O)Cn2cc(C(=O)OC)c3ccccc32)cc2ccccc21. The van der Waals surface area contributed by atoms with Gasteiger partial charge >= 0.3 is 5.97 Å². The topological polar surface area (TPSA) is 65.3 Å². The van der Waals surface area contributed by atoms with Crippen molar-refractivity contribution >= 4 is 33.7 Å². The zero-order valence-corrected chi connectivity index (χ0v) is 16.5. The van der Waals surface area contributed by atoms with E-state index in [0.29, 0.717) is 12.1 Å². The Morgan fingerprint density at radius 1 is 1.03 bits per heavy atom. The number of ether oxygens (including phenoxy) is 1. The highest BCUT2D eigenvalue weighted by atomic mass is 16.5. The summed E-state index contributed by atoms with van der Waals surface area (Å²) in [6.45, 7) is 3.51. The van der Waals surface area contributed by atoms with E-state index in [4.69, 9.17) is 4.74 Å². The van der Waals surface area contributed by atoms with Crippen LogP contribution in [0.25, 0.3) is 21.8 Å². The van der Waals surface area contributed by atoms with Gasteiger partial charge in [-0.05, 0) is 30.5 Å². The summed E-state index contributed by atoms with van der Waals surface area (Å²) in [5.41, 5.74) is 3.51. The number of hydrogen-bond donors (Lipinski definition) is 1. The number of carbonyl (C=O) groups is 2. The standard InChI is InChI=1S/C23H23N3O3/c1-3-26-17(12-16-8-4-6-10-20(16)26)13-24-22(27)15-25-14-19(23(28)29-2)18-9-5-7-11-21(18)25/h4-12,14H,3,13,15H2,1-2H3,(H,24,27). The highest BCUT2D eigenvalue weighted by Crippen LogP contribution is 2.22. The Kier molecular flexibility index (Phi) is 5.08. The van der Waals surface area contributed by atoms with Crippen LogP contribution >= 0.6 is 0 Å². The fourth-order valence-corrected chi connectivity index (χ4v) is 3.84. The van der Waals surface area contributed by atoms with Gasteiger partial charge in [-0.2, -0.15) is 0 Å². The Morgan fingerprint density at radius 3 is 2.52 bits per heavy atom. The molecule has 0 fully saturated rings. The maximum Gasteiger partial charge on any atom is 0.340 e. The summed E-state index contributed by atoms with van der Waals surface area (Å²) >= 11 is 0. The number of fused-ring (bicyclic) bond motifs is 2. The normalized spacial score (nSPS) is 11.1. The van der Waals surface area contributed by atoms with Gasteiger partial charge in [0.15, 0.2) is 0 Å². The summed E-state index contributed by atoms with van der Waals surface area (Å²) in [5, 5.41) is 4.94. The lowest BCUT2D eigenvalue weighted by atomic mass is 10.2. The summed E-state index contributed by atoms with van der Waals surface area (Å²) in [6, 6.07) is 17.8. The van der Waals surface area contributed by atoms with Gasteiger partial charge < -0.3 is 19.2 Å². The molecule has 1 N–H and O–H groups in total. The van der Waals surface area contributed by atoms with Crippen LogP contribution in [0.1, 0.15) is 23.0 Å². The molecule has 0 bridgehead atoms. The van der Waals surface area contributed by atoms with Gasteiger partial charge in [-0.15, -0.1) is 0 Å². The van der Waals surface area contributed by atoms with E-state index in [1.54, 1.807) is 10.8 Å². The number of amides is 1. The summed E-state index contributed by atoms with van der Waals surface area (Å²) in [4.78, 5) is 24.7. The van der Waals surface area contributed by atoms with Crippen LogP contribution in [0.2, 0.25) is 0 Å². The van der Waals surface area contributed by atoms with Crippen LogP contribution in [0.5, 0.6) is 0 Å². The first-order chi connectivity index (χ1) is 14.1. The van der Waals surface area contributed by atoms with Crippen molar-refractivity contribution in [3.8, 4) is 0 Å². The van der Waals surface area contributed by atoms with Crippen LogP contribution in [0.3, 0.4) is 0 Å². The molecule has 4 rings (SSSR count). The number of nitrogens with zero attached hydrogens (tertiary/aromatic N) is 2. The lowest BCUT2D eigenvalue weighted by Gasteiger charge is -2.10. The van der Waals surface area contributed by atoms with Crippen LogP contribution in [-0.2, 0) is 29.2 Å². The van der Waals surface area contributed by atoms with Crippen LogP contribution in [0.15, 0.2) is 60.8 Å². The summed E-state index contributed by atoms with van der Waals surface area (Å²) < 4.78 is 8.86. The largest absolute Gasteiger partial charge is 0.465 e. The van der Waals surface area contributed by atoms with Gasteiger partial charge in [0.1, 0.15) is 6.54 Å². The molecule has 2 aromatic heterocycles. The molecule has 2 aromatic carbocycles.